The monoisotopic (exact) mass is 339 g/mol. The van der Waals surface area contributed by atoms with E-state index in [1.807, 2.05) is 6.07 Å². The number of benzene rings is 1. The maximum absolute atomic E-state index is 10.9. The van der Waals surface area contributed by atoms with Crippen LogP contribution in [0.2, 0.25) is 5.02 Å². The van der Waals surface area contributed by atoms with Gasteiger partial charge in [-0.15, -0.1) is 0 Å². The van der Waals surface area contributed by atoms with E-state index in [-0.39, 0.29) is 13.2 Å². The molecule has 2 rings (SSSR count). The Morgan fingerprint density at radius 1 is 1.43 bits per heavy atom. The molecule has 0 saturated carbocycles. The Kier molecular flexibility index (Phi) is 5.59. The molecule has 124 valence electrons. The van der Waals surface area contributed by atoms with Crippen molar-refractivity contribution < 1.29 is 20.1 Å². The molecule has 23 heavy (non-hydrogen) atoms. The fourth-order valence-corrected chi connectivity index (χ4v) is 2.42. The van der Waals surface area contributed by atoms with Crippen molar-refractivity contribution in [3.05, 3.63) is 34.9 Å². The van der Waals surface area contributed by atoms with Crippen molar-refractivity contribution in [3.63, 3.8) is 0 Å². The molecular weight excluding hydrogens is 322 g/mol. The quantitative estimate of drug-likeness (QED) is 0.550. The zero-order chi connectivity index (χ0) is 17.0. The highest BCUT2D eigenvalue weighted by Gasteiger charge is 2.17. The summed E-state index contributed by atoms with van der Waals surface area (Å²) in [5.74, 6) is 0.402. The third-order valence-corrected chi connectivity index (χ3v) is 3.65. The van der Waals surface area contributed by atoms with E-state index >= 15 is 0 Å². The lowest BCUT2D eigenvalue weighted by molar-refractivity contribution is 0.105. The minimum absolute atomic E-state index is 0.0756. The summed E-state index contributed by atoms with van der Waals surface area (Å²) >= 11 is 6.15. The van der Waals surface area contributed by atoms with E-state index in [0.29, 0.717) is 21.9 Å². The van der Waals surface area contributed by atoms with E-state index in [2.05, 4.69) is 15.6 Å². The Hall–Kier alpha value is -2.09. The minimum atomic E-state index is -1.15. The number of anilines is 1. The predicted molar refractivity (Wildman–Crippen MR) is 87.9 cm³/mol. The number of fused-ring (bicyclic) bond motifs is 1. The first-order valence-corrected chi connectivity index (χ1v) is 7.41. The van der Waals surface area contributed by atoms with Crippen molar-refractivity contribution in [2.75, 3.05) is 18.5 Å². The summed E-state index contributed by atoms with van der Waals surface area (Å²) in [6.45, 7) is 1.38. The number of rotatable bonds is 6. The van der Waals surface area contributed by atoms with Gasteiger partial charge in [0, 0.05) is 17.5 Å². The lowest BCUT2D eigenvalue weighted by Gasteiger charge is -2.19. The number of nitrogens with zero attached hydrogens (tertiary/aromatic N) is 1. The summed E-state index contributed by atoms with van der Waals surface area (Å²) in [7, 11) is 0. The number of aliphatic hydroxyl groups is 2. The highest BCUT2D eigenvalue weighted by molar-refractivity contribution is 6.35. The van der Waals surface area contributed by atoms with Gasteiger partial charge in [0.1, 0.15) is 5.82 Å². The van der Waals surface area contributed by atoms with Gasteiger partial charge in [0.2, 0.25) is 0 Å². The van der Waals surface area contributed by atoms with Gasteiger partial charge in [-0.05, 0) is 19.1 Å². The summed E-state index contributed by atoms with van der Waals surface area (Å²) in [6, 6.07) is 6.60. The number of pyridine rings is 1. The van der Waals surface area contributed by atoms with Crippen LogP contribution in [0.1, 0.15) is 18.5 Å². The van der Waals surface area contributed by atoms with E-state index in [9.17, 15) is 9.90 Å². The summed E-state index contributed by atoms with van der Waals surface area (Å²) in [4.78, 5) is 15.3. The van der Waals surface area contributed by atoms with Crippen LogP contribution in [0.25, 0.3) is 10.9 Å². The van der Waals surface area contributed by atoms with Gasteiger partial charge >= 0.3 is 6.09 Å². The first kappa shape index (κ1) is 17.3. The van der Waals surface area contributed by atoms with Crippen molar-refractivity contribution >= 4 is 34.4 Å². The number of nitrogens with one attached hydrogen (secondary N) is 2. The van der Waals surface area contributed by atoms with E-state index in [4.69, 9.17) is 21.8 Å². The SMILES string of the molecule is CC(NC(=O)O)c1cc2cccc(Cl)c2nc1NCC(O)CO. The molecule has 0 saturated heterocycles. The number of hydrogen-bond acceptors (Lipinski definition) is 5. The number of carboxylic acid groups (broad SMARTS) is 1. The van der Waals surface area contributed by atoms with E-state index in [1.165, 1.54) is 0 Å². The van der Waals surface area contributed by atoms with Gasteiger partial charge in [0.15, 0.2) is 0 Å². The van der Waals surface area contributed by atoms with Crippen LogP contribution in [0.5, 0.6) is 0 Å². The van der Waals surface area contributed by atoms with Gasteiger partial charge in [-0.2, -0.15) is 0 Å². The van der Waals surface area contributed by atoms with E-state index < -0.39 is 18.2 Å². The van der Waals surface area contributed by atoms with E-state index in [0.717, 1.165) is 5.39 Å². The molecule has 8 heteroatoms. The number of aliphatic hydroxyl groups excluding tert-OH is 2. The van der Waals surface area contributed by atoms with Crippen molar-refractivity contribution in [3.8, 4) is 0 Å². The van der Waals surface area contributed by atoms with Crippen LogP contribution in [0.4, 0.5) is 10.6 Å². The molecule has 0 fully saturated rings. The fourth-order valence-electron chi connectivity index (χ4n) is 2.19. The maximum atomic E-state index is 10.9. The van der Waals surface area contributed by atoms with Crippen molar-refractivity contribution in [1.29, 1.82) is 0 Å². The molecule has 5 N–H and O–H groups in total. The molecule has 2 unspecified atom stereocenters. The van der Waals surface area contributed by atoms with Gasteiger partial charge in [0.25, 0.3) is 0 Å². The zero-order valence-corrected chi connectivity index (χ0v) is 13.2. The molecule has 1 aromatic heterocycles. The fraction of sp³-hybridized carbons (Fsp3) is 0.333. The van der Waals surface area contributed by atoms with Crippen LogP contribution < -0.4 is 10.6 Å². The van der Waals surface area contributed by atoms with Gasteiger partial charge in [0.05, 0.1) is 29.3 Å². The first-order valence-electron chi connectivity index (χ1n) is 7.03. The molecule has 0 aliphatic heterocycles. The van der Waals surface area contributed by atoms with Crippen LogP contribution >= 0.6 is 11.6 Å². The Bertz CT molecular complexity index is 710. The number of hydrogen-bond donors (Lipinski definition) is 5. The molecule has 1 amide bonds. The second kappa shape index (κ2) is 7.45. The van der Waals surface area contributed by atoms with Crippen LogP contribution in [0, 0.1) is 0 Å². The van der Waals surface area contributed by atoms with Gasteiger partial charge in [-0.3, -0.25) is 0 Å². The normalized spacial score (nSPS) is 13.6. The number of carbonyl (C=O) groups is 1. The Morgan fingerprint density at radius 2 is 2.17 bits per heavy atom. The average Bonchev–Trinajstić information content (AvgIpc) is 2.51. The largest absolute Gasteiger partial charge is 0.465 e. The summed E-state index contributed by atoms with van der Waals surface area (Å²) < 4.78 is 0. The molecule has 7 nitrogen and oxygen atoms in total. The summed E-state index contributed by atoms with van der Waals surface area (Å²) in [6.07, 6.45) is -2.10. The van der Waals surface area contributed by atoms with Crippen LogP contribution in [-0.4, -0.2) is 45.7 Å². The van der Waals surface area contributed by atoms with Crippen molar-refractivity contribution in [1.82, 2.24) is 10.3 Å². The van der Waals surface area contributed by atoms with Gasteiger partial charge in [-0.25, -0.2) is 9.78 Å². The topological polar surface area (TPSA) is 115 Å². The number of amides is 1. The zero-order valence-electron chi connectivity index (χ0n) is 12.5. The smallest absolute Gasteiger partial charge is 0.405 e. The highest BCUT2D eigenvalue weighted by Crippen LogP contribution is 2.29. The van der Waals surface area contributed by atoms with Crippen LogP contribution in [0.3, 0.4) is 0 Å². The minimum Gasteiger partial charge on any atom is -0.465 e. The molecule has 0 bridgehead atoms. The molecule has 0 spiro atoms. The number of aromatic nitrogens is 1. The lowest BCUT2D eigenvalue weighted by Crippen LogP contribution is -2.27. The highest BCUT2D eigenvalue weighted by atomic mass is 35.5. The second-order valence-corrected chi connectivity index (χ2v) is 5.53. The van der Waals surface area contributed by atoms with Crippen LogP contribution in [-0.2, 0) is 0 Å². The van der Waals surface area contributed by atoms with Gasteiger partial charge < -0.3 is 26.0 Å². The Morgan fingerprint density at radius 3 is 2.83 bits per heavy atom. The molecular formula is C15H18ClN3O4. The third kappa shape index (κ3) is 4.22. The van der Waals surface area contributed by atoms with Gasteiger partial charge in [-0.1, -0.05) is 23.7 Å². The second-order valence-electron chi connectivity index (χ2n) is 5.13. The molecule has 2 atom stereocenters. The van der Waals surface area contributed by atoms with Crippen molar-refractivity contribution in [2.24, 2.45) is 0 Å². The summed E-state index contributed by atoms with van der Waals surface area (Å²) in [5.41, 5.74) is 1.19. The molecule has 0 aliphatic rings. The molecule has 0 aliphatic carbocycles. The standard InChI is InChI=1S/C15H18ClN3O4/c1-8(18-15(22)23)11-5-9-3-2-4-12(16)13(9)19-14(11)17-6-10(21)7-20/h2-5,8,10,18,20-21H,6-7H2,1H3,(H,17,19)(H,22,23). The third-order valence-electron chi connectivity index (χ3n) is 3.35. The van der Waals surface area contributed by atoms with Crippen LogP contribution in [0.15, 0.2) is 24.3 Å². The van der Waals surface area contributed by atoms with E-state index in [1.54, 1.807) is 25.1 Å². The molecule has 0 radical (unpaired) electrons. The average molecular weight is 340 g/mol. The summed E-state index contributed by atoms with van der Waals surface area (Å²) in [5, 5.41) is 33.8. The Balaban J connectivity index is 2.45. The number of para-hydroxylation sites is 1. The first-order chi connectivity index (χ1) is 10.9. The number of halogens is 1. The predicted octanol–water partition coefficient (Wildman–Crippen LogP) is 1.98. The lowest BCUT2D eigenvalue weighted by atomic mass is 10.1. The maximum Gasteiger partial charge on any atom is 0.405 e. The molecule has 1 heterocycles. The van der Waals surface area contributed by atoms with Crippen molar-refractivity contribution in [2.45, 2.75) is 19.1 Å². The Labute approximate surface area is 137 Å². The molecule has 1 aromatic carbocycles. The molecule has 2 aromatic rings.